The van der Waals surface area contributed by atoms with Crippen molar-refractivity contribution in [1.29, 1.82) is 0 Å². The van der Waals surface area contributed by atoms with E-state index in [0.29, 0.717) is 18.4 Å². The normalized spacial score (nSPS) is 18.2. The number of hydrogen-bond acceptors (Lipinski definition) is 8. The number of nitro groups is 1. The van der Waals surface area contributed by atoms with Gasteiger partial charge in [-0.25, -0.2) is 4.79 Å². The molecule has 0 spiro atoms. The van der Waals surface area contributed by atoms with Gasteiger partial charge >= 0.3 is 6.09 Å². The van der Waals surface area contributed by atoms with E-state index in [1.54, 1.807) is 12.4 Å². The smallest absolute Gasteiger partial charge is 0.410 e. The van der Waals surface area contributed by atoms with E-state index >= 15 is 0 Å². The first-order valence-corrected chi connectivity index (χ1v) is 11.7. The van der Waals surface area contributed by atoms with E-state index in [1.807, 2.05) is 19.1 Å². The Kier molecular flexibility index (Phi) is 8.58. The predicted molar refractivity (Wildman–Crippen MR) is 126 cm³/mol. The molecule has 3 atom stereocenters. The molecule has 1 aromatic heterocycles. The van der Waals surface area contributed by atoms with E-state index < -0.39 is 17.1 Å². The molecule has 0 radical (unpaired) electrons. The van der Waals surface area contributed by atoms with Crippen LogP contribution in [-0.2, 0) is 20.9 Å². The van der Waals surface area contributed by atoms with Crippen molar-refractivity contribution in [3.05, 3.63) is 70.0 Å². The fourth-order valence-corrected chi connectivity index (χ4v) is 4.78. The zero-order chi connectivity index (χ0) is 24.7. The van der Waals surface area contributed by atoms with Gasteiger partial charge < -0.3 is 10.1 Å². The first-order valence-electron chi connectivity index (χ1n) is 10.8. The lowest BCUT2D eigenvalue weighted by Crippen LogP contribution is -2.47. The average molecular weight is 487 g/mol. The SMILES string of the molecule is CCC(NC(=O)[C@@H]1C[C@H](SC(C)=O)CN1C(=O)OCc1ccc([N+](=O)[O-])cc1)c1ccncc1. The highest BCUT2D eigenvalue weighted by molar-refractivity contribution is 8.14. The molecule has 2 heterocycles. The summed E-state index contributed by atoms with van der Waals surface area (Å²) in [7, 11) is 0. The maximum atomic E-state index is 13.2. The van der Waals surface area contributed by atoms with Gasteiger partial charge in [-0.2, -0.15) is 0 Å². The Morgan fingerprint density at radius 3 is 2.50 bits per heavy atom. The van der Waals surface area contributed by atoms with Crippen molar-refractivity contribution in [2.45, 2.75) is 50.6 Å². The Morgan fingerprint density at radius 1 is 1.24 bits per heavy atom. The number of amides is 2. The summed E-state index contributed by atoms with van der Waals surface area (Å²) in [6.45, 7) is 3.50. The van der Waals surface area contributed by atoms with E-state index in [2.05, 4.69) is 10.3 Å². The molecule has 0 aliphatic carbocycles. The Labute approximate surface area is 201 Å². The zero-order valence-electron chi connectivity index (χ0n) is 18.9. The van der Waals surface area contributed by atoms with Crippen LogP contribution < -0.4 is 5.32 Å². The van der Waals surface area contributed by atoms with Crippen molar-refractivity contribution in [1.82, 2.24) is 15.2 Å². The van der Waals surface area contributed by atoms with Crippen LogP contribution >= 0.6 is 11.8 Å². The number of nitrogens with zero attached hydrogens (tertiary/aromatic N) is 3. The fourth-order valence-electron chi connectivity index (χ4n) is 3.79. The van der Waals surface area contributed by atoms with Gasteiger partial charge in [-0.1, -0.05) is 18.7 Å². The second-order valence-electron chi connectivity index (χ2n) is 7.86. The van der Waals surface area contributed by atoms with Crippen LogP contribution in [0.5, 0.6) is 0 Å². The van der Waals surface area contributed by atoms with Gasteiger partial charge in [0.15, 0.2) is 5.12 Å². The van der Waals surface area contributed by atoms with Gasteiger partial charge in [0.2, 0.25) is 5.91 Å². The number of non-ortho nitro benzene ring substituents is 1. The summed E-state index contributed by atoms with van der Waals surface area (Å²) in [4.78, 5) is 53.3. The third-order valence-electron chi connectivity index (χ3n) is 5.48. The number of aromatic nitrogens is 1. The molecule has 1 aliphatic heterocycles. The van der Waals surface area contributed by atoms with Gasteiger partial charge in [0.25, 0.3) is 5.69 Å². The molecule has 11 heteroatoms. The highest BCUT2D eigenvalue weighted by atomic mass is 32.2. The molecule has 34 heavy (non-hydrogen) atoms. The summed E-state index contributed by atoms with van der Waals surface area (Å²) < 4.78 is 5.40. The third-order valence-corrected chi connectivity index (χ3v) is 6.48. The lowest BCUT2D eigenvalue weighted by Gasteiger charge is -2.26. The van der Waals surface area contributed by atoms with Gasteiger partial charge in [0, 0.05) is 43.2 Å². The molecule has 2 aromatic rings. The molecule has 1 N–H and O–H groups in total. The van der Waals surface area contributed by atoms with E-state index in [0.717, 1.165) is 17.3 Å². The first kappa shape index (κ1) is 25.2. The minimum Gasteiger partial charge on any atom is -0.445 e. The molecule has 3 rings (SSSR count). The number of nitrogens with one attached hydrogen (secondary N) is 1. The quantitative estimate of drug-likeness (QED) is 0.442. The monoisotopic (exact) mass is 486 g/mol. The Hall–Kier alpha value is -3.47. The first-order chi connectivity index (χ1) is 16.3. The second kappa shape index (κ2) is 11.6. The number of benzene rings is 1. The molecule has 0 bridgehead atoms. The molecule has 1 saturated heterocycles. The van der Waals surface area contributed by atoms with Crippen molar-refractivity contribution >= 4 is 34.6 Å². The highest BCUT2D eigenvalue weighted by Gasteiger charge is 2.41. The number of nitro benzene ring substituents is 1. The van der Waals surface area contributed by atoms with E-state index in [-0.39, 0.29) is 41.2 Å². The topological polar surface area (TPSA) is 132 Å². The molecular formula is C23H26N4O6S. The Balaban J connectivity index is 1.69. The molecule has 10 nitrogen and oxygen atoms in total. The summed E-state index contributed by atoms with van der Waals surface area (Å²) in [6.07, 6.45) is 3.61. The molecule has 0 saturated carbocycles. The van der Waals surface area contributed by atoms with Crippen LogP contribution in [0.1, 0.15) is 43.9 Å². The number of carbonyl (C=O) groups excluding carboxylic acids is 3. The molecule has 1 fully saturated rings. The molecule has 2 amide bonds. The lowest BCUT2D eigenvalue weighted by molar-refractivity contribution is -0.384. The number of hydrogen-bond donors (Lipinski definition) is 1. The highest BCUT2D eigenvalue weighted by Crippen LogP contribution is 2.30. The molecular weight excluding hydrogens is 460 g/mol. The predicted octanol–water partition coefficient (Wildman–Crippen LogP) is 3.62. The van der Waals surface area contributed by atoms with E-state index in [1.165, 1.54) is 36.1 Å². The summed E-state index contributed by atoms with van der Waals surface area (Å²) in [5.41, 5.74) is 1.43. The van der Waals surface area contributed by atoms with Crippen molar-refractivity contribution in [3.63, 3.8) is 0 Å². The summed E-state index contributed by atoms with van der Waals surface area (Å²) >= 11 is 1.10. The number of likely N-dealkylation sites (tertiary alicyclic amines) is 1. The lowest BCUT2D eigenvalue weighted by atomic mass is 10.1. The Bertz CT molecular complexity index is 1030. The van der Waals surface area contributed by atoms with Gasteiger partial charge in [0.1, 0.15) is 12.6 Å². The van der Waals surface area contributed by atoms with Crippen LogP contribution in [0, 0.1) is 10.1 Å². The van der Waals surface area contributed by atoms with Gasteiger partial charge in [-0.3, -0.25) is 29.6 Å². The average Bonchev–Trinajstić information content (AvgIpc) is 3.25. The van der Waals surface area contributed by atoms with Crippen LogP contribution in [0.4, 0.5) is 10.5 Å². The number of rotatable bonds is 8. The zero-order valence-corrected chi connectivity index (χ0v) is 19.7. The fraction of sp³-hybridized carbons (Fsp3) is 0.391. The number of thioether (sulfide) groups is 1. The van der Waals surface area contributed by atoms with Crippen LogP contribution in [0.25, 0.3) is 0 Å². The Morgan fingerprint density at radius 2 is 1.91 bits per heavy atom. The molecule has 180 valence electrons. The molecule has 1 aromatic carbocycles. The third kappa shape index (κ3) is 6.53. The minimum absolute atomic E-state index is 0.0601. The summed E-state index contributed by atoms with van der Waals surface area (Å²) in [5.74, 6) is -0.317. The maximum absolute atomic E-state index is 13.2. The standard InChI is InChI=1S/C23H26N4O6S/c1-3-20(17-8-10-24-11-9-17)25-22(29)21-12-19(34-15(2)28)13-26(21)23(30)33-14-16-4-6-18(7-5-16)27(31)32/h4-11,19-21H,3,12-14H2,1-2H3,(H,25,29)/t19-,20?,21-/m0/s1. The van der Waals surface area contributed by atoms with Crippen molar-refractivity contribution in [3.8, 4) is 0 Å². The van der Waals surface area contributed by atoms with Crippen LogP contribution in [0.2, 0.25) is 0 Å². The van der Waals surface area contributed by atoms with Crippen molar-refractivity contribution < 1.29 is 24.0 Å². The molecule has 1 unspecified atom stereocenters. The van der Waals surface area contributed by atoms with Gasteiger partial charge in [0.05, 0.1) is 11.0 Å². The summed E-state index contributed by atoms with van der Waals surface area (Å²) in [6, 6.07) is 8.31. The van der Waals surface area contributed by atoms with Crippen LogP contribution in [0.15, 0.2) is 48.8 Å². The number of carbonyl (C=O) groups is 3. The van der Waals surface area contributed by atoms with E-state index in [4.69, 9.17) is 4.74 Å². The van der Waals surface area contributed by atoms with Crippen molar-refractivity contribution in [2.75, 3.05) is 6.54 Å². The van der Waals surface area contributed by atoms with Crippen molar-refractivity contribution in [2.24, 2.45) is 0 Å². The van der Waals surface area contributed by atoms with Gasteiger partial charge in [-0.15, -0.1) is 0 Å². The largest absolute Gasteiger partial charge is 0.445 e. The maximum Gasteiger partial charge on any atom is 0.410 e. The number of pyridine rings is 1. The summed E-state index contributed by atoms with van der Waals surface area (Å²) in [5, 5.41) is 13.5. The van der Waals surface area contributed by atoms with Crippen LogP contribution in [0.3, 0.4) is 0 Å². The second-order valence-corrected chi connectivity index (χ2v) is 9.34. The molecule has 1 aliphatic rings. The van der Waals surface area contributed by atoms with Gasteiger partial charge in [-0.05, 0) is 48.2 Å². The van der Waals surface area contributed by atoms with Crippen LogP contribution in [-0.4, -0.2) is 49.8 Å². The van der Waals surface area contributed by atoms with E-state index in [9.17, 15) is 24.5 Å². The number of ether oxygens (including phenoxy) is 1. The minimum atomic E-state index is -0.780.